The van der Waals surface area contributed by atoms with Gasteiger partial charge in [0.15, 0.2) is 0 Å². The molecule has 2 aromatic carbocycles. The molecule has 0 saturated heterocycles. The maximum atomic E-state index is 13.4. The van der Waals surface area contributed by atoms with Crippen LogP contribution in [0.3, 0.4) is 0 Å². The zero-order chi connectivity index (χ0) is 18.8. The predicted molar refractivity (Wildman–Crippen MR) is 91.3 cm³/mol. The van der Waals surface area contributed by atoms with Gasteiger partial charge >= 0.3 is 11.7 Å². The van der Waals surface area contributed by atoms with Gasteiger partial charge in [0, 0.05) is 0 Å². The Bertz CT molecular complexity index is 1100. The molecule has 0 radical (unpaired) electrons. The second-order valence-corrected chi connectivity index (χ2v) is 5.70. The van der Waals surface area contributed by atoms with Crippen molar-refractivity contribution in [1.82, 2.24) is 14.3 Å². The normalized spacial score (nSPS) is 10.7. The molecule has 0 aliphatic rings. The van der Waals surface area contributed by atoms with E-state index >= 15 is 0 Å². The second-order valence-electron chi connectivity index (χ2n) is 5.70. The van der Waals surface area contributed by atoms with E-state index < -0.39 is 28.7 Å². The highest BCUT2D eigenvalue weighted by Gasteiger charge is 2.19. The van der Waals surface area contributed by atoms with Crippen molar-refractivity contribution < 1.29 is 14.3 Å². The molecule has 3 aromatic rings. The lowest BCUT2D eigenvalue weighted by Gasteiger charge is -2.11. The highest BCUT2D eigenvalue weighted by atomic mass is 19.1. The van der Waals surface area contributed by atoms with Crippen LogP contribution in [-0.4, -0.2) is 25.4 Å². The SMILES string of the molecule is Cc1ccc(-n2nc(C(=O)O)c(=O)n(Cc3cccc(F)c3)c2=O)cc1. The van der Waals surface area contributed by atoms with Crippen LogP contribution in [0.1, 0.15) is 21.6 Å². The summed E-state index contributed by atoms with van der Waals surface area (Å²) in [6, 6.07) is 12.0. The molecule has 0 saturated carbocycles. The average molecular weight is 355 g/mol. The van der Waals surface area contributed by atoms with Crippen molar-refractivity contribution in [2.45, 2.75) is 13.5 Å². The third-order valence-electron chi connectivity index (χ3n) is 3.77. The molecule has 7 nitrogen and oxygen atoms in total. The molecule has 0 aliphatic carbocycles. The van der Waals surface area contributed by atoms with E-state index in [1.165, 1.54) is 24.3 Å². The number of carboxylic acid groups (broad SMARTS) is 1. The van der Waals surface area contributed by atoms with E-state index in [9.17, 15) is 23.9 Å². The number of rotatable bonds is 4. The third-order valence-corrected chi connectivity index (χ3v) is 3.77. The van der Waals surface area contributed by atoms with Gasteiger partial charge in [-0.2, -0.15) is 9.78 Å². The molecule has 26 heavy (non-hydrogen) atoms. The van der Waals surface area contributed by atoms with Gasteiger partial charge in [0.2, 0.25) is 5.69 Å². The van der Waals surface area contributed by atoms with Crippen molar-refractivity contribution in [3.8, 4) is 5.69 Å². The lowest BCUT2D eigenvalue weighted by Crippen LogP contribution is -2.44. The van der Waals surface area contributed by atoms with Crippen LogP contribution in [0.15, 0.2) is 58.1 Å². The number of aryl methyl sites for hydroxylation is 1. The van der Waals surface area contributed by atoms with E-state index in [4.69, 9.17) is 0 Å². The largest absolute Gasteiger partial charge is 0.476 e. The predicted octanol–water partition coefficient (Wildman–Crippen LogP) is 1.59. The Morgan fingerprint density at radius 2 is 1.85 bits per heavy atom. The van der Waals surface area contributed by atoms with Crippen molar-refractivity contribution in [2.24, 2.45) is 0 Å². The number of aromatic nitrogens is 3. The molecule has 8 heteroatoms. The molecule has 0 amide bonds. The number of aromatic carboxylic acids is 1. The minimum atomic E-state index is -1.55. The molecule has 1 aromatic heterocycles. The molecule has 0 unspecified atom stereocenters. The number of nitrogens with zero attached hydrogens (tertiary/aromatic N) is 3. The summed E-state index contributed by atoms with van der Waals surface area (Å²) < 4.78 is 15.0. The number of hydrogen-bond donors (Lipinski definition) is 1. The fourth-order valence-corrected chi connectivity index (χ4v) is 2.46. The maximum absolute atomic E-state index is 13.4. The monoisotopic (exact) mass is 355 g/mol. The molecule has 3 rings (SSSR count). The summed E-state index contributed by atoms with van der Waals surface area (Å²) in [5, 5.41) is 12.9. The Morgan fingerprint density at radius 3 is 2.46 bits per heavy atom. The highest BCUT2D eigenvalue weighted by Crippen LogP contribution is 2.07. The molecular weight excluding hydrogens is 341 g/mol. The van der Waals surface area contributed by atoms with Crippen molar-refractivity contribution in [1.29, 1.82) is 0 Å². The van der Waals surface area contributed by atoms with E-state index in [-0.39, 0.29) is 6.54 Å². The number of benzene rings is 2. The zero-order valence-corrected chi connectivity index (χ0v) is 13.7. The summed E-state index contributed by atoms with van der Waals surface area (Å²) in [5.74, 6) is -2.08. The standard InChI is InChI=1S/C18H14FN3O4/c1-11-5-7-14(8-6-11)22-18(26)21(16(23)15(20-22)17(24)25)10-12-3-2-4-13(19)9-12/h2-9H,10H2,1H3,(H,24,25). The maximum Gasteiger partial charge on any atom is 0.362 e. The van der Waals surface area contributed by atoms with Crippen LogP contribution in [0.4, 0.5) is 4.39 Å². The summed E-state index contributed by atoms with van der Waals surface area (Å²) >= 11 is 0. The van der Waals surface area contributed by atoms with Crippen molar-refractivity contribution in [3.05, 3.63) is 92.0 Å². The Hall–Kier alpha value is -3.55. The van der Waals surface area contributed by atoms with Crippen LogP contribution in [0.2, 0.25) is 0 Å². The van der Waals surface area contributed by atoms with Crippen molar-refractivity contribution in [3.63, 3.8) is 0 Å². The van der Waals surface area contributed by atoms with Crippen LogP contribution in [0.25, 0.3) is 5.69 Å². The average Bonchev–Trinajstić information content (AvgIpc) is 2.59. The molecule has 0 fully saturated rings. The number of carbonyl (C=O) groups is 1. The Kier molecular flexibility index (Phi) is 4.49. The molecule has 0 bridgehead atoms. The summed E-state index contributed by atoms with van der Waals surface area (Å²) in [7, 11) is 0. The first kappa shape index (κ1) is 17.3. The van der Waals surface area contributed by atoms with Crippen LogP contribution < -0.4 is 11.2 Å². The number of carboxylic acids is 1. The van der Waals surface area contributed by atoms with E-state index in [1.807, 2.05) is 6.92 Å². The Morgan fingerprint density at radius 1 is 1.15 bits per heavy atom. The molecule has 0 spiro atoms. The Balaban J connectivity index is 2.22. The zero-order valence-electron chi connectivity index (χ0n) is 13.7. The molecule has 0 atom stereocenters. The van der Waals surface area contributed by atoms with Crippen LogP contribution >= 0.6 is 0 Å². The number of hydrogen-bond acceptors (Lipinski definition) is 4. The molecular formula is C18H14FN3O4. The molecule has 1 N–H and O–H groups in total. The van der Waals surface area contributed by atoms with Gasteiger partial charge in [-0.1, -0.05) is 29.8 Å². The Labute approximate surface area is 146 Å². The van der Waals surface area contributed by atoms with Gasteiger partial charge in [0.05, 0.1) is 12.2 Å². The highest BCUT2D eigenvalue weighted by molar-refractivity contribution is 5.84. The lowest BCUT2D eigenvalue weighted by molar-refractivity contribution is 0.0684. The summed E-state index contributed by atoms with van der Waals surface area (Å²) in [6.07, 6.45) is 0. The smallest absolute Gasteiger partial charge is 0.362 e. The quantitative estimate of drug-likeness (QED) is 0.767. The molecule has 0 aliphatic heterocycles. The number of halogens is 1. The topological polar surface area (TPSA) is 94.2 Å². The lowest BCUT2D eigenvalue weighted by atomic mass is 10.2. The second kappa shape index (κ2) is 6.75. The van der Waals surface area contributed by atoms with E-state index in [2.05, 4.69) is 5.10 Å². The summed E-state index contributed by atoms with van der Waals surface area (Å²) in [5.41, 5.74) is -1.04. The van der Waals surface area contributed by atoms with E-state index in [1.54, 1.807) is 24.3 Å². The van der Waals surface area contributed by atoms with E-state index in [0.29, 0.717) is 11.3 Å². The fourth-order valence-electron chi connectivity index (χ4n) is 2.46. The van der Waals surface area contributed by atoms with Gasteiger partial charge < -0.3 is 5.11 Å². The van der Waals surface area contributed by atoms with Gasteiger partial charge in [-0.25, -0.2) is 14.0 Å². The minimum absolute atomic E-state index is 0.274. The molecule has 132 valence electrons. The van der Waals surface area contributed by atoms with Crippen LogP contribution in [-0.2, 0) is 6.54 Å². The fraction of sp³-hybridized carbons (Fsp3) is 0.111. The van der Waals surface area contributed by atoms with Gasteiger partial charge in [-0.15, -0.1) is 0 Å². The summed E-state index contributed by atoms with van der Waals surface area (Å²) in [4.78, 5) is 36.5. The first-order valence-electron chi connectivity index (χ1n) is 7.66. The van der Waals surface area contributed by atoms with Crippen LogP contribution in [0, 0.1) is 12.7 Å². The van der Waals surface area contributed by atoms with Gasteiger partial charge in [-0.3, -0.25) is 9.36 Å². The van der Waals surface area contributed by atoms with Gasteiger partial charge in [-0.05, 0) is 36.8 Å². The van der Waals surface area contributed by atoms with Gasteiger partial charge in [0.1, 0.15) is 5.82 Å². The minimum Gasteiger partial charge on any atom is -0.476 e. The van der Waals surface area contributed by atoms with E-state index in [0.717, 1.165) is 14.8 Å². The first-order valence-corrected chi connectivity index (χ1v) is 7.66. The van der Waals surface area contributed by atoms with Crippen molar-refractivity contribution >= 4 is 5.97 Å². The molecule has 1 heterocycles. The van der Waals surface area contributed by atoms with Crippen molar-refractivity contribution in [2.75, 3.05) is 0 Å². The summed E-state index contributed by atoms with van der Waals surface area (Å²) in [6.45, 7) is 1.58. The third kappa shape index (κ3) is 3.30. The van der Waals surface area contributed by atoms with Crippen LogP contribution in [0.5, 0.6) is 0 Å². The first-order chi connectivity index (χ1) is 12.4. The van der Waals surface area contributed by atoms with Gasteiger partial charge in [0.25, 0.3) is 5.56 Å².